The Morgan fingerprint density at radius 3 is 2.79 bits per heavy atom. The Kier molecular flexibility index (Phi) is 4.77. The first-order chi connectivity index (χ1) is 13.5. The van der Waals surface area contributed by atoms with Crippen LogP contribution in [0.1, 0.15) is 42.2 Å². The second-order valence-electron chi connectivity index (χ2n) is 6.68. The number of pyridine rings is 1. The zero-order valence-corrected chi connectivity index (χ0v) is 15.5. The van der Waals surface area contributed by atoms with Crippen molar-refractivity contribution < 1.29 is 18.4 Å². The first kappa shape index (κ1) is 18.1. The zero-order chi connectivity index (χ0) is 19.7. The van der Waals surface area contributed by atoms with Crippen molar-refractivity contribution in [3.63, 3.8) is 0 Å². The van der Waals surface area contributed by atoms with Crippen LogP contribution in [0.3, 0.4) is 0 Å². The van der Waals surface area contributed by atoms with Gasteiger partial charge in [-0.1, -0.05) is 5.16 Å². The molecular formula is C20H19FN4O3. The molecule has 2 heterocycles. The molecule has 0 spiro atoms. The van der Waals surface area contributed by atoms with Gasteiger partial charge in [0.1, 0.15) is 17.3 Å². The van der Waals surface area contributed by atoms with E-state index in [0.717, 1.165) is 12.8 Å². The fraction of sp³-hybridized carbons (Fsp3) is 0.300. The van der Waals surface area contributed by atoms with Gasteiger partial charge < -0.3 is 14.6 Å². The fourth-order valence-corrected chi connectivity index (χ4v) is 2.78. The van der Waals surface area contributed by atoms with Crippen molar-refractivity contribution in [3.05, 3.63) is 53.9 Å². The third kappa shape index (κ3) is 3.71. The van der Waals surface area contributed by atoms with E-state index in [1.54, 1.807) is 38.2 Å². The number of nitrogens with one attached hydrogen (secondary N) is 1. The van der Waals surface area contributed by atoms with E-state index in [9.17, 15) is 9.18 Å². The molecule has 0 radical (unpaired) electrons. The van der Waals surface area contributed by atoms with Gasteiger partial charge in [-0.2, -0.15) is 4.98 Å². The quantitative estimate of drug-likeness (QED) is 0.617. The van der Waals surface area contributed by atoms with Crippen LogP contribution in [0.2, 0.25) is 0 Å². The molecule has 7 nitrogen and oxygen atoms in total. The van der Waals surface area contributed by atoms with Gasteiger partial charge in [0.15, 0.2) is 11.9 Å². The van der Waals surface area contributed by atoms with Gasteiger partial charge >= 0.3 is 0 Å². The van der Waals surface area contributed by atoms with E-state index < -0.39 is 11.9 Å². The highest BCUT2D eigenvalue weighted by molar-refractivity contribution is 5.97. The van der Waals surface area contributed by atoms with Gasteiger partial charge in [0.2, 0.25) is 5.82 Å². The monoisotopic (exact) mass is 382 g/mol. The lowest BCUT2D eigenvalue weighted by atomic mass is 10.2. The minimum atomic E-state index is -0.533. The van der Waals surface area contributed by atoms with Gasteiger partial charge in [0, 0.05) is 18.5 Å². The lowest BCUT2D eigenvalue weighted by Gasteiger charge is -2.10. The summed E-state index contributed by atoms with van der Waals surface area (Å²) < 4.78 is 24.9. The number of hydrogen-bond donors (Lipinski definition) is 1. The van der Waals surface area contributed by atoms with Crippen molar-refractivity contribution >= 4 is 11.5 Å². The molecule has 8 heteroatoms. The van der Waals surface area contributed by atoms with Crippen LogP contribution >= 0.6 is 0 Å². The number of rotatable bonds is 7. The van der Waals surface area contributed by atoms with E-state index in [-0.39, 0.29) is 23.4 Å². The molecule has 0 amide bonds. The van der Waals surface area contributed by atoms with Gasteiger partial charge in [-0.3, -0.25) is 4.79 Å². The van der Waals surface area contributed by atoms with Crippen LogP contribution in [-0.4, -0.2) is 28.0 Å². The van der Waals surface area contributed by atoms with Crippen LogP contribution in [-0.2, 0) is 0 Å². The molecule has 0 aliphatic heterocycles. The minimum absolute atomic E-state index is 0.0812. The molecular weight excluding hydrogens is 363 g/mol. The molecule has 1 aliphatic carbocycles. The number of carbonyl (C=O) groups is 1. The Hall–Kier alpha value is -3.29. The van der Waals surface area contributed by atoms with E-state index in [2.05, 4.69) is 20.4 Å². The van der Waals surface area contributed by atoms with Crippen molar-refractivity contribution in [1.29, 1.82) is 0 Å². The van der Waals surface area contributed by atoms with Crippen molar-refractivity contribution in [1.82, 2.24) is 15.1 Å². The van der Waals surface area contributed by atoms with E-state index in [1.807, 2.05) is 0 Å². The summed E-state index contributed by atoms with van der Waals surface area (Å²) in [6.45, 7) is 1.76. The summed E-state index contributed by atoms with van der Waals surface area (Å²) in [6, 6.07) is 8.01. The predicted octanol–water partition coefficient (Wildman–Crippen LogP) is 4.05. The average Bonchev–Trinajstić information content (AvgIpc) is 3.44. The lowest BCUT2D eigenvalue weighted by molar-refractivity contribution is 0.0962. The highest BCUT2D eigenvalue weighted by Gasteiger charge is 2.31. The molecule has 28 heavy (non-hydrogen) atoms. The maximum absolute atomic E-state index is 13.9. The second kappa shape index (κ2) is 7.38. The second-order valence-corrected chi connectivity index (χ2v) is 6.68. The van der Waals surface area contributed by atoms with Gasteiger partial charge in [-0.05, 0) is 50.1 Å². The van der Waals surface area contributed by atoms with Gasteiger partial charge in [-0.25, -0.2) is 9.37 Å². The Bertz CT molecular complexity index is 999. The molecule has 0 saturated heterocycles. The summed E-state index contributed by atoms with van der Waals surface area (Å²) >= 11 is 0. The molecule has 1 aliphatic rings. The van der Waals surface area contributed by atoms with Crippen molar-refractivity contribution in [3.8, 4) is 17.1 Å². The van der Waals surface area contributed by atoms with Gasteiger partial charge in [0.25, 0.3) is 5.89 Å². The third-order valence-electron chi connectivity index (χ3n) is 4.54. The molecule has 1 aromatic carbocycles. The molecule has 2 aromatic heterocycles. The summed E-state index contributed by atoms with van der Waals surface area (Å²) in [5, 5.41) is 6.65. The number of nitrogens with zero attached hydrogens (tertiary/aromatic N) is 3. The lowest BCUT2D eigenvalue weighted by Crippen LogP contribution is -2.06. The summed E-state index contributed by atoms with van der Waals surface area (Å²) in [5.74, 6) is 0.827. The number of Topliss-reactive ketones (excluding diaryl/α,β-unsaturated/α-hetero) is 1. The Balaban J connectivity index is 1.44. The molecule has 1 saturated carbocycles. The van der Waals surface area contributed by atoms with E-state index >= 15 is 0 Å². The fourth-order valence-electron chi connectivity index (χ4n) is 2.78. The van der Waals surface area contributed by atoms with Crippen molar-refractivity contribution in [2.24, 2.45) is 5.92 Å². The van der Waals surface area contributed by atoms with Crippen molar-refractivity contribution in [2.75, 3.05) is 12.4 Å². The molecule has 0 bridgehead atoms. The maximum atomic E-state index is 13.9. The SMILES string of the molecule is CNc1ccc(-c2noc(C(C)Oc3ccc(C(=O)C4CC4)nc3)n2)cc1F. The molecule has 1 unspecified atom stereocenters. The van der Waals surface area contributed by atoms with Crippen LogP contribution in [0.25, 0.3) is 11.4 Å². The Labute approximate surface area is 160 Å². The van der Waals surface area contributed by atoms with Gasteiger partial charge in [-0.15, -0.1) is 0 Å². The molecule has 3 aromatic rings. The Morgan fingerprint density at radius 2 is 2.14 bits per heavy atom. The number of benzene rings is 1. The molecule has 144 valence electrons. The molecule has 1 fully saturated rings. The summed E-state index contributed by atoms with van der Waals surface area (Å²) in [6.07, 6.45) is 2.86. The van der Waals surface area contributed by atoms with Crippen LogP contribution in [0.15, 0.2) is 41.1 Å². The molecule has 4 rings (SSSR count). The van der Waals surface area contributed by atoms with Crippen LogP contribution < -0.4 is 10.1 Å². The number of ketones is 1. The maximum Gasteiger partial charge on any atom is 0.267 e. The number of aromatic nitrogens is 3. The third-order valence-corrected chi connectivity index (χ3v) is 4.54. The average molecular weight is 382 g/mol. The van der Waals surface area contributed by atoms with E-state index in [0.29, 0.717) is 22.7 Å². The molecule has 1 atom stereocenters. The van der Waals surface area contributed by atoms with E-state index in [1.165, 1.54) is 12.3 Å². The van der Waals surface area contributed by atoms with Crippen LogP contribution in [0, 0.1) is 11.7 Å². The smallest absolute Gasteiger partial charge is 0.267 e. The number of halogens is 1. The highest BCUT2D eigenvalue weighted by atomic mass is 19.1. The van der Waals surface area contributed by atoms with Gasteiger partial charge in [0.05, 0.1) is 11.9 Å². The number of ether oxygens (including phenoxy) is 1. The van der Waals surface area contributed by atoms with Crippen LogP contribution in [0.5, 0.6) is 5.75 Å². The largest absolute Gasteiger partial charge is 0.479 e. The summed E-state index contributed by atoms with van der Waals surface area (Å²) in [7, 11) is 1.65. The van der Waals surface area contributed by atoms with Crippen LogP contribution in [0.4, 0.5) is 10.1 Å². The number of hydrogen-bond acceptors (Lipinski definition) is 7. The van der Waals surface area contributed by atoms with Crippen molar-refractivity contribution in [2.45, 2.75) is 25.9 Å². The number of anilines is 1. The highest BCUT2D eigenvalue weighted by Crippen LogP contribution is 2.32. The van der Waals surface area contributed by atoms with E-state index in [4.69, 9.17) is 9.26 Å². The zero-order valence-electron chi connectivity index (χ0n) is 15.5. The normalized spacial score (nSPS) is 14.5. The topological polar surface area (TPSA) is 90.1 Å². The number of carbonyl (C=O) groups excluding carboxylic acids is 1. The minimum Gasteiger partial charge on any atom is -0.479 e. The predicted molar refractivity (Wildman–Crippen MR) is 99.6 cm³/mol. The summed E-state index contributed by atoms with van der Waals surface area (Å²) in [4.78, 5) is 20.5. The standard InChI is InChI=1S/C20H19FN4O3/c1-11(27-14-6-8-17(23-10-14)18(26)12-3-4-12)20-24-19(25-28-20)13-5-7-16(22-2)15(21)9-13/h5-12,22H,3-4H2,1-2H3. The first-order valence-corrected chi connectivity index (χ1v) is 9.03. The molecule has 1 N–H and O–H groups in total. The summed E-state index contributed by atoms with van der Waals surface area (Å²) in [5.41, 5.74) is 1.35. The Morgan fingerprint density at radius 1 is 1.32 bits per heavy atom. The first-order valence-electron chi connectivity index (χ1n) is 9.03.